The van der Waals surface area contributed by atoms with Gasteiger partial charge in [-0.1, -0.05) is 0 Å². The summed E-state index contributed by atoms with van der Waals surface area (Å²) in [6, 6.07) is -1.39. The van der Waals surface area contributed by atoms with E-state index in [0.717, 1.165) is 0 Å². The minimum Gasteiger partial charge on any atom is -0.548 e. The number of hydrogen-bond acceptors (Lipinski definition) is 5. The van der Waals surface area contributed by atoms with Crippen LogP contribution < -0.4 is 10.8 Å². The quantitative estimate of drug-likeness (QED) is 0.490. The summed E-state index contributed by atoms with van der Waals surface area (Å²) < 4.78 is 14.2. The van der Waals surface area contributed by atoms with Crippen LogP contribution in [-0.4, -0.2) is 23.0 Å². The molecule has 11 heavy (non-hydrogen) atoms. The summed E-state index contributed by atoms with van der Waals surface area (Å²) in [5.74, 6) is -1.52. The first-order valence-corrected chi connectivity index (χ1v) is 3.87. The molecule has 0 aromatic carbocycles. The lowest BCUT2D eigenvalue weighted by atomic mass is 10.2. The highest BCUT2D eigenvalue weighted by molar-refractivity contribution is 7.32. The fraction of sp³-hybridized carbons (Fsp3) is 0.750. The van der Waals surface area contributed by atoms with E-state index >= 15 is 0 Å². The van der Waals surface area contributed by atoms with E-state index in [4.69, 9.17) is 10.6 Å². The van der Waals surface area contributed by atoms with Crippen molar-refractivity contribution in [3.8, 4) is 0 Å². The van der Waals surface area contributed by atoms with Crippen LogP contribution in [-0.2, 0) is 13.9 Å². The second-order valence-electron chi connectivity index (χ2n) is 1.89. The third kappa shape index (κ3) is 4.00. The fourth-order valence-corrected chi connectivity index (χ4v) is 0.815. The van der Waals surface area contributed by atoms with E-state index in [-0.39, 0.29) is 0 Å². The predicted octanol–water partition coefficient (Wildman–Crippen LogP) is -1.88. The minimum absolute atomic E-state index is 1.03. The lowest BCUT2D eigenvalue weighted by Gasteiger charge is -2.14. The van der Waals surface area contributed by atoms with Crippen LogP contribution in [0.2, 0.25) is 0 Å². The monoisotopic (exact) mass is 181 g/mol. The molecule has 0 aliphatic heterocycles. The first-order chi connectivity index (χ1) is 4.95. The van der Waals surface area contributed by atoms with E-state index in [1.807, 2.05) is 0 Å². The van der Waals surface area contributed by atoms with Gasteiger partial charge in [0.15, 0.2) is 0 Å². The summed E-state index contributed by atoms with van der Waals surface area (Å²) in [5.41, 5.74) is 4.98. The van der Waals surface area contributed by atoms with E-state index in [1.54, 1.807) is 0 Å². The van der Waals surface area contributed by atoms with Crippen molar-refractivity contribution in [1.82, 2.24) is 0 Å². The van der Waals surface area contributed by atoms with E-state index < -0.39 is 26.4 Å². The molecule has 0 spiro atoms. The van der Waals surface area contributed by atoms with E-state index in [0.29, 0.717) is 0 Å². The molecule has 6 nitrogen and oxygen atoms in total. The molecule has 3 N–H and O–H groups in total. The van der Waals surface area contributed by atoms with Gasteiger partial charge in [0.05, 0.1) is 12.0 Å². The van der Waals surface area contributed by atoms with Crippen molar-refractivity contribution < 1.29 is 23.9 Å². The zero-order valence-corrected chi connectivity index (χ0v) is 6.65. The van der Waals surface area contributed by atoms with Crippen LogP contribution in [0.15, 0.2) is 0 Å². The molecule has 0 aromatic rings. The standard InChI is InChI=1S/C4H8NO5P/c1-2(10-11(8)9)3(5)4(6)7/h2-3H,5H2,1H3,(H-,6,7,8,9)/t2-,3+/m1/s1. The number of carboxylic acids is 1. The van der Waals surface area contributed by atoms with Gasteiger partial charge in [-0.05, 0) is 6.92 Å². The lowest BCUT2D eigenvalue weighted by Crippen LogP contribution is -2.48. The number of carbonyl (C=O) groups excluding carboxylic acids is 1. The molecule has 0 saturated carbocycles. The molecule has 7 heteroatoms. The Morgan fingerprint density at radius 3 is 2.55 bits per heavy atom. The van der Waals surface area contributed by atoms with Gasteiger partial charge in [0, 0.05) is 4.57 Å². The van der Waals surface area contributed by atoms with Gasteiger partial charge < -0.3 is 15.6 Å². The van der Waals surface area contributed by atoms with Crippen molar-refractivity contribution in [3.05, 3.63) is 0 Å². The summed E-state index contributed by atoms with van der Waals surface area (Å²) >= 11 is 0. The van der Waals surface area contributed by atoms with Crippen molar-refractivity contribution in [2.45, 2.75) is 19.1 Å². The maximum atomic E-state index is 10.0. The van der Waals surface area contributed by atoms with Gasteiger partial charge in [-0.15, -0.1) is 9.42 Å². The van der Waals surface area contributed by atoms with E-state index in [9.17, 15) is 14.5 Å². The van der Waals surface area contributed by atoms with Gasteiger partial charge in [0.2, 0.25) is 0 Å². The highest BCUT2D eigenvalue weighted by Gasteiger charge is 2.24. The topological polar surface area (TPSA) is 113 Å². The Morgan fingerprint density at radius 1 is 1.82 bits per heavy atom. The third-order valence-electron chi connectivity index (χ3n) is 1.03. The normalized spacial score (nSPS) is 17.2. The molecule has 0 aliphatic rings. The highest BCUT2D eigenvalue weighted by Crippen LogP contribution is 2.18. The van der Waals surface area contributed by atoms with Crippen LogP contribution in [0.25, 0.3) is 0 Å². The number of carbonyl (C=O) groups is 1. The molecule has 0 amide bonds. The van der Waals surface area contributed by atoms with Gasteiger partial charge in [-0.25, -0.2) is 0 Å². The van der Waals surface area contributed by atoms with Gasteiger partial charge in [-0.2, -0.15) is 0 Å². The van der Waals surface area contributed by atoms with Gasteiger partial charge >= 0.3 is 8.25 Å². The maximum Gasteiger partial charge on any atom is 0.695 e. The zero-order valence-electron chi connectivity index (χ0n) is 5.76. The molecule has 0 radical (unpaired) electrons. The molecule has 0 aliphatic carbocycles. The third-order valence-corrected chi connectivity index (χ3v) is 1.55. The average molecular weight is 181 g/mol. The maximum absolute atomic E-state index is 10.0. The summed E-state index contributed by atoms with van der Waals surface area (Å²) in [4.78, 5) is 18.2. The second kappa shape index (κ2) is 4.35. The summed E-state index contributed by atoms with van der Waals surface area (Å²) in [7, 11) is -2.82. The van der Waals surface area contributed by atoms with Crippen LogP contribution >= 0.6 is 8.25 Å². The molecule has 64 valence electrons. The van der Waals surface area contributed by atoms with E-state index in [1.165, 1.54) is 6.92 Å². The first kappa shape index (κ1) is 10.4. The van der Waals surface area contributed by atoms with Crippen LogP contribution in [0.5, 0.6) is 0 Å². The Labute approximate surface area is 63.9 Å². The highest BCUT2D eigenvalue weighted by atomic mass is 31.1. The summed E-state index contributed by atoms with van der Waals surface area (Å²) in [6.45, 7) is 1.27. The van der Waals surface area contributed by atoms with Gasteiger partial charge in [0.1, 0.15) is 6.10 Å². The van der Waals surface area contributed by atoms with Crippen molar-refractivity contribution in [2.24, 2.45) is 5.73 Å². The zero-order chi connectivity index (χ0) is 9.02. The molecule has 3 atom stereocenters. The smallest absolute Gasteiger partial charge is 0.548 e. The molecular formula is C4H8NO5P. The summed E-state index contributed by atoms with van der Waals surface area (Å²) in [6.07, 6.45) is -1.03. The Morgan fingerprint density at radius 2 is 2.27 bits per heavy atom. The first-order valence-electron chi connectivity index (χ1n) is 2.74. The van der Waals surface area contributed by atoms with Crippen molar-refractivity contribution in [3.63, 3.8) is 0 Å². The van der Waals surface area contributed by atoms with Crippen LogP contribution in [0.3, 0.4) is 0 Å². The Bertz CT molecular complexity index is 172. The number of hydrogen-bond donors (Lipinski definition) is 2. The number of carboxylic acid groups (broad SMARTS) is 1. The Hall–Kier alpha value is -0.550. The average Bonchev–Trinajstić information content (AvgIpc) is 1.84. The van der Waals surface area contributed by atoms with Gasteiger partial charge in [0.25, 0.3) is 0 Å². The Balaban J connectivity index is 3.92. The van der Waals surface area contributed by atoms with Gasteiger partial charge in [-0.3, -0.25) is 0 Å². The SMILES string of the molecule is C[C@@H](O[P+](=O)O)[C@H](N)C(=O)[O-]. The molecular weight excluding hydrogens is 173 g/mol. The number of aliphatic carboxylic acids is 1. The lowest BCUT2D eigenvalue weighted by molar-refractivity contribution is -0.309. The fourth-order valence-electron chi connectivity index (χ4n) is 0.399. The van der Waals surface area contributed by atoms with Crippen molar-refractivity contribution in [2.75, 3.05) is 0 Å². The summed E-state index contributed by atoms with van der Waals surface area (Å²) in [5, 5.41) is 10.0. The number of nitrogens with two attached hydrogens (primary N) is 1. The van der Waals surface area contributed by atoms with Crippen LogP contribution in [0.4, 0.5) is 0 Å². The van der Waals surface area contributed by atoms with Crippen LogP contribution in [0.1, 0.15) is 6.92 Å². The minimum atomic E-state index is -2.82. The van der Waals surface area contributed by atoms with Crippen molar-refractivity contribution in [1.29, 1.82) is 0 Å². The second-order valence-corrected chi connectivity index (χ2v) is 2.58. The van der Waals surface area contributed by atoms with E-state index in [2.05, 4.69) is 4.52 Å². The van der Waals surface area contributed by atoms with Crippen LogP contribution in [0, 0.1) is 0 Å². The molecule has 1 unspecified atom stereocenters. The Kier molecular flexibility index (Phi) is 4.14. The van der Waals surface area contributed by atoms with Crippen molar-refractivity contribution >= 4 is 14.2 Å². The molecule has 0 rings (SSSR count). The molecule has 0 saturated heterocycles. The number of rotatable bonds is 4. The molecule has 0 heterocycles. The molecule has 0 fully saturated rings. The largest absolute Gasteiger partial charge is 0.695 e. The predicted molar refractivity (Wildman–Crippen MR) is 33.4 cm³/mol. The molecule has 0 bridgehead atoms. The molecule has 0 aromatic heterocycles.